The van der Waals surface area contributed by atoms with Gasteiger partial charge in [0.15, 0.2) is 5.84 Å². The number of amidine groups is 1. The third kappa shape index (κ3) is 6.81. The molecule has 2 rings (SSSR count). The summed E-state index contributed by atoms with van der Waals surface area (Å²) in [5.41, 5.74) is 3.47. The predicted octanol–water partition coefficient (Wildman–Crippen LogP) is 4.26. The standard InChI is InChI=1S/C21H27N3O/c1-3-4-5-6-7-13-18-25-24-20(19-14-9-8-10-15-19)23-21(2)16-11-12-17-22-21/h3-4,7-17,22H,5-6,18H2,1-2H3,(H,23,24)/b4-3-,13-7+. The van der Waals surface area contributed by atoms with Crippen LogP contribution in [0, 0.1) is 0 Å². The molecule has 0 saturated carbocycles. The van der Waals surface area contributed by atoms with Crippen molar-refractivity contribution in [2.24, 2.45) is 4.99 Å². The van der Waals surface area contributed by atoms with Gasteiger partial charge in [0.2, 0.25) is 0 Å². The molecule has 25 heavy (non-hydrogen) atoms. The Kier molecular flexibility index (Phi) is 7.73. The number of rotatable bonds is 8. The summed E-state index contributed by atoms with van der Waals surface area (Å²) in [6, 6.07) is 9.97. The minimum Gasteiger partial charge on any atom is -0.364 e. The van der Waals surface area contributed by atoms with Crippen LogP contribution in [-0.2, 0) is 4.84 Å². The number of benzene rings is 1. The molecule has 2 N–H and O–H groups in total. The maximum Gasteiger partial charge on any atom is 0.155 e. The van der Waals surface area contributed by atoms with Crippen molar-refractivity contribution in [3.63, 3.8) is 0 Å². The van der Waals surface area contributed by atoms with Gasteiger partial charge in [-0.3, -0.25) is 4.84 Å². The number of hydrogen-bond donors (Lipinski definition) is 2. The average Bonchev–Trinajstić information content (AvgIpc) is 2.64. The van der Waals surface area contributed by atoms with Gasteiger partial charge in [-0.1, -0.05) is 60.7 Å². The van der Waals surface area contributed by atoms with Crippen molar-refractivity contribution in [3.8, 4) is 0 Å². The zero-order valence-corrected chi connectivity index (χ0v) is 15.0. The van der Waals surface area contributed by atoms with Crippen LogP contribution in [0.5, 0.6) is 0 Å². The Labute approximate surface area is 150 Å². The van der Waals surface area contributed by atoms with E-state index in [4.69, 9.17) is 9.83 Å². The maximum absolute atomic E-state index is 5.59. The molecule has 4 heteroatoms. The minimum atomic E-state index is -0.501. The third-order valence-electron chi connectivity index (χ3n) is 3.65. The summed E-state index contributed by atoms with van der Waals surface area (Å²) >= 11 is 0. The molecule has 4 nitrogen and oxygen atoms in total. The average molecular weight is 337 g/mol. The van der Waals surface area contributed by atoms with Crippen LogP contribution >= 0.6 is 0 Å². The fourth-order valence-corrected chi connectivity index (χ4v) is 2.31. The van der Waals surface area contributed by atoms with Crippen LogP contribution in [0.1, 0.15) is 32.3 Å². The second-order valence-corrected chi connectivity index (χ2v) is 5.87. The summed E-state index contributed by atoms with van der Waals surface area (Å²) in [7, 11) is 0. The lowest BCUT2D eigenvalue weighted by molar-refractivity contribution is 0.110. The lowest BCUT2D eigenvalue weighted by Gasteiger charge is -2.25. The number of nitrogens with zero attached hydrogens (tertiary/aromatic N) is 1. The van der Waals surface area contributed by atoms with Gasteiger partial charge in [0.05, 0.1) is 6.61 Å². The third-order valence-corrected chi connectivity index (χ3v) is 3.65. The van der Waals surface area contributed by atoms with E-state index in [1.807, 2.05) is 74.7 Å². The number of dihydropyridines is 1. The van der Waals surface area contributed by atoms with Gasteiger partial charge in [0.1, 0.15) is 5.66 Å². The zero-order chi connectivity index (χ0) is 17.8. The Bertz CT molecular complexity index is 659. The van der Waals surface area contributed by atoms with Gasteiger partial charge in [-0.25, -0.2) is 10.5 Å². The van der Waals surface area contributed by atoms with Crippen molar-refractivity contribution in [2.75, 3.05) is 6.61 Å². The quantitative estimate of drug-likeness (QED) is 0.245. The highest BCUT2D eigenvalue weighted by Crippen LogP contribution is 2.14. The fourth-order valence-electron chi connectivity index (χ4n) is 2.31. The zero-order valence-electron chi connectivity index (χ0n) is 15.0. The molecule has 0 spiro atoms. The molecule has 0 amide bonds. The summed E-state index contributed by atoms with van der Waals surface area (Å²) in [5, 5.41) is 3.26. The summed E-state index contributed by atoms with van der Waals surface area (Å²) in [6.45, 7) is 4.54. The van der Waals surface area contributed by atoms with E-state index in [0.717, 1.165) is 18.4 Å². The molecule has 1 atom stereocenters. The molecular formula is C21H27N3O. The number of nitrogens with one attached hydrogen (secondary N) is 2. The second kappa shape index (κ2) is 10.3. The molecule has 1 unspecified atom stereocenters. The van der Waals surface area contributed by atoms with Gasteiger partial charge >= 0.3 is 0 Å². The molecule has 0 radical (unpaired) electrons. The summed E-state index contributed by atoms with van der Waals surface area (Å²) in [6.07, 6.45) is 18.3. The first-order valence-corrected chi connectivity index (χ1v) is 8.65. The lowest BCUT2D eigenvalue weighted by atomic mass is 10.1. The first-order chi connectivity index (χ1) is 12.2. The van der Waals surface area contributed by atoms with Gasteiger partial charge < -0.3 is 5.32 Å². The Hall–Kier alpha value is -2.59. The van der Waals surface area contributed by atoms with Gasteiger partial charge in [0, 0.05) is 5.56 Å². The number of unbranched alkanes of at least 4 members (excludes halogenated alkanes) is 1. The van der Waals surface area contributed by atoms with Crippen LogP contribution in [0.25, 0.3) is 0 Å². The van der Waals surface area contributed by atoms with E-state index < -0.39 is 5.66 Å². The van der Waals surface area contributed by atoms with Gasteiger partial charge in [-0.05, 0) is 45.0 Å². The molecule has 1 aromatic rings. The highest BCUT2D eigenvalue weighted by atomic mass is 16.6. The van der Waals surface area contributed by atoms with E-state index in [1.165, 1.54) is 0 Å². The topological polar surface area (TPSA) is 45.6 Å². The highest BCUT2D eigenvalue weighted by Gasteiger charge is 2.20. The summed E-state index contributed by atoms with van der Waals surface area (Å²) < 4.78 is 0. The Morgan fingerprint density at radius 3 is 2.68 bits per heavy atom. The Balaban J connectivity index is 1.97. The first-order valence-electron chi connectivity index (χ1n) is 8.65. The van der Waals surface area contributed by atoms with Crippen molar-refractivity contribution in [2.45, 2.75) is 32.4 Å². The van der Waals surface area contributed by atoms with E-state index in [0.29, 0.717) is 12.4 Å². The van der Waals surface area contributed by atoms with Crippen molar-refractivity contribution < 1.29 is 4.84 Å². The molecule has 0 bridgehead atoms. The Morgan fingerprint density at radius 2 is 1.96 bits per heavy atom. The van der Waals surface area contributed by atoms with Crippen LogP contribution in [0.2, 0.25) is 0 Å². The number of allylic oxidation sites excluding steroid dienone is 5. The fraction of sp³-hybridized carbons (Fsp3) is 0.286. The van der Waals surface area contributed by atoms with Crippen LogP contribution in [0.3, 0.4) is 0 Å². The molecule has 1 aliphatic rings. The van der Waals surface area contributed by atoms with Gasteiger partial charge in [-0.2, -0.15) is 0 Å². The van der Waals surface area contributed by atoms with Crippen molar-refractivity contribution in [3.05, 3.63) is 84.6 Å². The predicted molar refractivity (Wildman–Crippen MR) is 105 cm³/mol. The monoisotopic (exact) mass is 337 g/mol. The first kappa shape index (κ1) is 18.7. The van der Waals surface area contributed by atoms with Crippen LogP contribution in [0.4, 0.5) is 0 Å². The number of hydroxylamine groups is 1. The SMILES string of the molecule is C/C=C\CC/C=C/CON/C(=N\C1(C)C=CC=CN1)c1ccccc1. The van der Waals surface area contributed by atoms with Gasteiger partial charge in [-0.15, -0.1) is 0 Å². The molecule has 0 saturated heterocycles. The summed E-state index contributed by atoms with van der Waals surface area (Å²) in [4.78, 5) is 10.4. The van der Waals surface area contributed by atoms with Crippen molar-refractivity contribution in [1.82, 2.24) is 10.8 Å². The molecule has 0 aromatic heterocycles. The highest BCUT2D eigenvalue weighted by molar-refractivity contribution is 5.98. The van der Waals surface area contributed by atoms with E-state index in [-0.39, 0.29) is 0 Å². The van der Waals surface area contributed by atoms with Crippen LogP contribution in [-0.4, -0.2) is 18.1 Å². The van der Waals surface area contributed by atoms with Crippen LogP contribution in [0.15, 0.2) is 84.1 Å². The lowest BCUT2D eigenvalue weighted by Crippen LogP contribution is -2.39. The molecule has 1 heterocycles. The molecular weight excluding hydrogens is 310 g/mol. The van der Waals surface area contributed by atoms with Crippen LogP contribution < -0.4 is 10.8 Å². The van der Waals surface area contributed by atoms with Gasteiger partial charge in [0.25, 0.3) is 0 Å². The van der Waals surface area contributed by atoms with E-state index in [9.17, 15) is 0 Å². The molecule has 1 aliphatic heterocycles. The summed E-state index contributed by atoms with van der Waals surface area (Å²) in [5.74, 6) is 0.692. The normalized spacial score (nSPS) is 20.3. The largest absolute Gasteiger partial charge is 0.364 e. The molecule has 0 aliphatic carbocycles. The second-order valence-electron chi connectivity index (χ2n) is 5.87. The van der Waals surface area contributed by atoms with E-state index in [2.05, 4.69) is 29.0 Å². The number of aliphatic imine (C=N–C) groups is 1. The number of hydrogen-bond acceptors (Lipinski definition) is 3. The molecule has 1 aromatic carbocycles. The maximum atomic E-state index is 5.59. The van der Waals surface area contributed by atoms with E-state index >= 15 is 0 Å². The van der Waals surface area contributed by atoms with Crippen molar-refractivity contribution >= 4 is 5.84 Å². The smallest absolute Gasteiger partial charge is 0.155 e. The van der Waals surface area contributed by atoms with E-state index in [1.54, 1.807) is 0 Å². The minimum absolute atomic E-state index is 0.488. The Morgan fingerprint density at radius 1 is 1.16 bits per heavy atom. The van der Waals surface area contributed by atoms with Crippen molar-refractivity contribution in [1.29, 1.82) is 0 Å². The molecule has 0 fully saturated rings. The molecule has 132 valence electrons.